The fraction of sp³-hybridized carbons (Fsp3) is 0.587. The van der Waals surface area contributed by atoms with Gasteiger partial charge >= 0.3 is 6.09 Å². The standard InChI is InChI=1S/C46H70N12O8/c1-8-28(4)39(44(64)54-34(40(48)60)20-31-23-49-25-51-31)57-38(59)19-30(22-47)33(17-27(2)3)53-42(62)36(21-32-24-50-26-52-32)55-41(61)35(18-29-13-10-9-11-14-29)56-43(63)37-15-12-16-58(37)45(65)66-46(5,6)7/h9-11,13-14,23-28,30,33-37,39H,8,12,15-22,47H2,1-7H3,(H2,48,60)(H,49,51)(H,50,52)(H,53,62)(H,54,64)(H,55,61)(H,56,63)(H,57,59)/t28-,30-,33-,34-,35-,36-,37-,39-/m0/s1. The first-order valence-electron chi connectivity index (χ1n) is 22.8. The maximum atomic E-state index is 14.5. The number of carbonyl (C=O) groups is 7. The maximum Gasteiger partial charge on any atom is 0.410 e. The Morgan fingerprint density at radius 1 is 0.818 bits per heavy atom. The van der Waals surface area contributed by atoms with E-state index in [1.165, 1.54) is 29.9 Å². The second kappa shape index (κ2) is 24.8. The first-order valence-corrected chi connectivity index (χ1v) is 22.8. The van der Waals surface area contributed by atoms with Gasteiger partial charge in [-0.05, 0) is 64.0 Å². The summed E-state index contributed by atoms with van der Waals surface area (Å²) in [4.78, 5) is 111. The summed E-state index contributed by atoms with van der Waals surface area (Å²) in [5.41, 5.74) is 13.1. The predicted octanol–water partition coefficient (Wildman–Crippen LogP) is 1.53. The van der Waals surface area contributed by atoms with Crippen LogP contribution in [0.4, 0.5) is 4.79 Å². The SMILES string of the molecule is CC[C@H](C)[C@H](NC(=O)C[C@@H](CN)[C@H](CC(C)C)NC(=O)[C@H](Cc1cnc[nH]1)NC(=O)[C@H](Cc1ccccc1)NC(=O)[C@@H]1CCCN1C(=O)OC(C)(C)C)C(=O)N[C@@H](Cc1cnc[nH]1)C(N)=O. The molecule has 0 radical (unpaired) electrons. The average molecular weight is 919 g/mol. The van der Waals surface area contributed by atoms with Crippen molar-refractivity contribution in [1.29, 1.82) is 0 Å². The molecule has 8 atom stereocenters. The van der Waals surface area contributed by atoms with Gasteiger partial charge in [0.15, 0.2) is 0 Å². The molecule has 1 fully saturated rings. The molecule has 0 aliphatic carbocycles. The second-order valence-corrected chi connectivity index (χ2v) is 18.5. The van der Waals surface area contributed by atoms with E-state index < -0.39 is 89.3 Å². The molecule has 1 aromatic carbocycles. The van der Waals surface area contributed by atoms with Gasteiger partial charge in [0, 0.05) is 68.0 Å². The van der Waals surface area contributed by atoms with E-state index in [1.54, 1.807) is 27.7 Å². The van der Waals surface area contributed by atoms with Crippen LogP contribution in [0.25, 0.3) is 0 Å². The molecule has 0 saturated carbocycles. The minimum absolute atomic E-state index is 0.000828. The van der Waals surface area contributed by atoms with Crippen LogP contribution >= 0.6 is 0 Å². The molecule has 0 unspecified atom stereocenters. The Kier molecular flexibility index (Phi) is 19.7. The van der Waals surface area contributed by atoms with E-state index in [0.29, 0.717) is 43.6 Å². The monoisotopic (exact) mass is 919 g/mol. The number of aromatic amines is 2. The van der Waals surface area contributed by atoms with Crippen molar-refractivity contribution in [3.05, 3.63) is 72.3 Å². The summed E-state index contributed by atoms with van der Waals surface area (Å²) in [7, 11) is 0. The molecule has 3 heterocycles. The van der Waals surface area contributed by atoms with Crippen LogP contribution in [0.1, 0.15) is 97.5 Å². The van der Waals surface area contributed by atoms with Crippen molar-refractivity contribution in [2.75, 3.05) is 13.1 Å². The van der Waals surface area contributed by atoms with Crippen LogP contribution < -0.4 is 38.1 Å². The zero-order valence-electron chi connectivity index (χ0n) is 39.2. The topological polar surface area (TPSA) is 302 Å². The zero-order chi connectivity index (χ0) is 48.6. The van der Waals surface area contributed by atoms with Crippen LogP contribution in [0.3, 0.4) is 0 Å². The Hall–Kier alpha value is -6.31. The Bertz CT molecular complexity index is 2040. The van der Waals surface area contributed by atoms with Crippen LogP contribution in [0.15, 0.2) is 55.4 Å². The number of nitrogens with one attached hydrogen (secondary N) is 7. The van der Waals surface area contributed by atoms with Crippen LogP contribution in [0.2, 0.25) is 0 Å². The number of benzene rings is 1. The summed E-state index contributed by atoms with van der Waals surface area (Å²) in [6, 6.07) is 3.16. The van der Waals surface area contributed by atoms with Crippen LogP contribution in [0.5, 0.6) is 0 Å². The number of aromatic nitrogens is 4. The molecule has 1 aliphatic heterocycles. The van der Waals surface area contributed by atoms with Crippen molar-refractivity contribution in [2.45, 2.75) is 142 Å². The van der Waals surface area contributed by atoms with Crippen LogP contribution in [0, 0.1) is 17.8 Å². The Labute approximate surface area is 386 Å². The van der Waals surface area contributed by atoms with Gasteiger partial charge in [-0.1, -0.05) is 64.4 Å². The third-order valence-electron chi connectivity index (χ3n) is 11.5. The summed E-state index contributed by atoms with van der Waals surface area (Å²) in [5, 5.41) is 14.3. The van der Waals surface area contributed by atoms with Gasteiger partial charge in [-0.3, -0.25) is 33.7 Å². The van der Waals surface area contributed by atoms with Crippen LogP contribution in [-0.2, 0) is 52.8 Å². The normalized spacial score (nSPS) is 17.0. The third kappa shape index (κ3) is 16.3. The van der Waals surface area contributed by atoms with E-state index in [-0.39, 0.29) is 44.1 Å². The quantitative estimate of drug-likeness (QED) is 0.0621. The predicted molar refractivity (Wildman–Crippen MR) is 246 cm³/mol. The molecule has 3 aromatic rings. The molecule has 20 nitrogen and oxygen atoms in total. The summed E-state index contributed by atoms with van der Waals surface area (Å²) in [6.07, 6.45) is 7.21. The van der Waals surface area contributed by atoms with E-state index in [1.807, 2.05) is 51.1 Å². The fourth-order valence-corrected chi connectivity index (χ4v) is 7.83. The molecule has 20 heteroatoms. The highest BCUT2D eigenvalue weighted by atomic mass is 16.6. The summed E-state index contributed by atoms with van der Waals surface area (Å²) in [6.45, 7) is 13.1. The summed E-state index contributed by atoms with van der Waals surface area (Å²) >= 11 is 0. The van der Waals surface area contributed by atoms with E-state index >= 15 is 0 Å². The van der Waals surface area contributed by atoms with Crippen molar-refractivity contribution < 1.29 is 38.3 Å². The van der Waals surface area contributed by atoms with Gasteiger partial charge in [0.1, 0.15) is 35.8 Å². The van der Waals surface area contributed by atoms with Gasteiger partial charge in [-0.15, -0.1) is 0 Å². The molecular formula is C46H70N12O8. The lowest BCUT2D eigenvalue weighted by molar-refractivity contribution is -0.134. The number of nitrogens with two attached hydrogens (primary N) is 2. The average Bonchev–Trinajstić information content (AvgIpc) is 4.08. The number of hydrogen-bond donors (Lipinski definition) is 9. The van der Waals surface area contributed by atoms with Crippen molar-refractivity contribution >= 4 is 41.5 Å². The van der Waals surface area contributed by atoms with Gasteiger partial charge in [-0.2, -0.15) is 0 Å². The molecule has 1 saturated heterocycles. The van der Waals surface area contributed by atoms with E-state index in [9.17, 15) is 33.6 Å². The van der Waals surface area contributed by atoms with Crippen molar-refractivity contribution in [2.24, 2.45) is 29.2 Å². The Morgan fingerprint density at radius 3 is 1.95 bits per heavy atom. The van der Waals surface area contributed by atoms with Gasteiger partial charge in [-0.25, -0.2) is 14.8 Å². The number of primary amides is 1. The molecule has 0 bridgehead atoms. The largest absolute Gasteiger partial charge is 0.444 e. The van der Waals surface area contributed by atoms with Crippen molar-refractivity contribution in [1.82, 2.24) is 51.4 Å². The molecule has 11 N–H and O–H groups in total. The molecule has 362 valence electrons. The number of imidazole rings is 2. The van der Waals surface area contributed by atoms with Gasteiger partial charge in [0.05, 0.1) is 12.7 Å². The minimum atomic E-state index is -1.18. The van der Waals surface area contributed by atoms with Crippen LogP contribution in [-0.4, -0.2) is 121 Å². The highest BCUT2D eigenvalue weighted by Gasteiger charge is 2.39. The first kappa shape index (κ1) is 52.3. The van der Waals surface area contributed by atoms with Gasteiger partial charge in [0.25, 0.3) is 0 Å². The summed E-state index contributed by atoms with van der Waals surface area (Å²) in [5.74, 6) is -4.46. The number of amides is 7. The second-order valence-electron chi connectivity index (χ2n) is 18.5. The maximum absolute atomic E-state index is 14.5. The molecule has 2 aromatic heterocycles. The Morgan fingerprint density at radius 2 is 1.41 bits per heavy atom. The lowest BCUT2D eigenvalue weighted by atomic mass is 9.88. The molecule has 66 heavy (non-hydrogen) atoms. The number of H-pyrrole nitrogens is 2. The molecule has 0 spiro atoms. The Balaban J connectivity index is 1.53. The van der Waals surface area contributed by atoms with E-state index in [2.05, 4.69) is 46.5 Å². The molecule has 4 rings (SSSR count). The fourth-order valence-electron chi connectivity index (χ4n) is 7.83. The lowest BCUT2D eigenvalue weighted by Crippen LogP contribution is -2.59. The number of likely N-dealkylation sites (tertiary alicyclic amines) is 1. The number of hydrogen-bond acceptors (Lipinski definition) is 11. The molecule has 7 amide bonds. The molecular weight excluding hydrogens is 849 g/mol. The minimum Gasteiger partial charge on any atom is -0.444 e. The number of nitrogens with zero attached hydrogens (tertiary/aromatic N) is 3. The molecule has 1 aliphatic rings. The zero-order valence-corrected chi connectivity index (χ0v) is 39.2. The smallest absolute Gasteiger partial charge is 0.410 e. The third-order valence-corrected chi connectivity index (χ3v) is 11.5. The van der Waals surface area contributed by atoms with Crippen molar-refractivity contribution in [3.63, 3.8) is 0 Å². The lowest BCUT2D eigenvalue weighted by Gasteiger charge is -2.32. The highest BCUT2D eigenvalue weighted by Crippen LogP contribution is 2.22. The highest BCUT2D eigenvalue weighted by molar-refractivity contribution is 5.95. The van der Waals surface area contributed by atoms with Crippen molar-refractivity contribution in [3.8, 4) is 0 Å². The van der Waals surface area contributed by atoms with Gasteiger partial charge in [0.2, 0.25) is 35.4 Å². The van der Waals surface area contributed by atoms with Gasteiger partial charge < -0.3 is 52.8 Å². The summed E-state index contributed by atoms with van der Waals surface area (Å²) < 4.78 is 5.57. The number of rotatable bonds is 24. The van der Waals surface area contributed by atoms with E-state index in [4.69, 9.17) is 16.2 Å². The first-order chi connectivity index (χ1) is 31.3. The number of ether oxygens (including phenoxy) is 1. The van der Waals surface area contributed by atoms with E-state index in [0.717, 1.165) is 5.56 Å². The number of carbonyl (C=O) groups excluding carboxylic acids is 7.